The van der Waals surface area contributed by atoms with E-state index in [4.69, 9.17) is 4.74 Å². The summed E-state index contributed by atoms with van der Waals surface area (Å²) in [5, 5.41) is 3.50. The van der Waals surface area contributed by atoms with Crippen LogP contribution < -0.4 is 10.1 Å². The third kappa shape index (κ3) is 5.01. The van der Waals surface area contributed by atoms with Crippen molar-refractivity contribution in [2.24, 2.45) is 0 Å². The highest BCUT2D eigenvalue weighted by atomic mass is 127. The minimum Gasteiger partial charge on any atom is -0.474 e. The largest absolute Gasteiger partial charge is 0.474 e. The minimum atomic E-state index is 0.184. The normalized spacial score (nSPS) is 21.6. The number of halogens is 1. The third-order valence-corrected chi connectivity index (χ3v) is 3.90. The van der Waals surface area contributed by atoms with Crippen molar-refractivity contribution in [1.82, 2.24) is 10.3 Å². The number of hydrogen-bond donors (Lipinski definition) is 1. The fourth-order valence-electron chi connectivity index (χ4n) is 2.35. The lowest BCUT2D eigenvalue weighted by Gasteiger charge is -2.36. The molecule has 1 aliphatic rings. The molecule has 0 atom stereocenters. The summed E-state index contributed by atoms with van der Waals surface area (Å²) in [6, 6.07) is 4.98. The van der Waals surface area contributed by atoms with Crippen molar-refractivity contribution in [3.63, 3.8) is 0 Å². The summed E-state index contributed by atoms with van der Waals surface area (Å²) in [7, 11) is 0. The van der Waals surface area contributed by atoms with Crippen LogP contribution in [0.15, 0.2) is 18.3 Å². The molecule has 0 aliphatic heterocycles. The van der Waals surface area contributed by atoms with Crippen LogP contribution in [0.3, 0.4) is 0 Å². The molecule has 1 aromatic heterocycles. The first-order valence-electron chi connectivity index (χ1n) is 7.09. The Morgan fingerprint density at radius 1 is 1.55 bits per heavy atom. The lowest BCUT2D eigenvalue weighted by Crippen LogP contribution is -2.49. The average molecular weight is 388 g/mol. The average Bonchev–Trinajstić information content (AvgIpc) is 2.34. The van der Waals surface area contributed by atoms with E-state index in [1.807, 2.05) is 34.7 Å². The van der Waals surface area contributed by atoms with Crippen LogP contribution in [0.2, 0.25) is 0 Å². The van der Waals surface area contributed by atoms with Gasteiger partial charge < -0.3 is 10.1 Å². The molecule has 0 spiro atoms. The standard InChI is InChI=1S/C15H21IN2O2/c1-10(2)18-12-8-13(9-12)20-15-7-11(5-6-17-15)3-4-14(16)19/h5-7,10,12-13,18H,3-4,8-9H2,1-2H3. The molecule has 1 N–H and O–H groups in total. The van der Waals surface area contributed by atoms with Gasteiger partial charge in [-0.15, -0.1) is 0 Å². The number of rotatable bonds is 7. The summed E-state index contributed by atoms with van der Waals surface area (Å²) >= 11 is 1.83. The molecule has 5 heteroatoms. The zero-order valence-corrected chi connectivity index (χ0v) is 14.1. The zero-order chi connectivity index (χ0) is 14.5. The van der Waals surface area contributed by atoms with Crippen LogP contribution in [-0.4, -0.2) is 27.0 Å². The Balaban J connectivity index is 1.79. The minimum absolute atomic E-state index is 0.184. The Hall–Kier alpha value is -0.690. The smallest absolute Gasteiger partial charge is 0.213 e. The molecule has 1 heterocycles. The number of carbonyl (C=O) groups excluding carboxylic acids is 1. The SMILES string of the molecule is CC(C)NC1CC(Oc2cc(CCC(=O)I)ccn2)C1. The first kappa shape index (κ1) is 15.7. The van der Waals surface area contributed by atoms with Gasteiger partial charge in [0.25, 0.3) is 0 Å². The van der Waals surface area contributed by atoms with Crippen LogP contribution >= 0.6 is 22.6 Å². The molecule has 110 valence electrons. The molecule has 4 nitrogen and oxygen atoms in total. The molecule has 1 fully saturated rings. The lowest BCUT2D eigenvalue weighted by molar-refractivity contribution is -0.109. The molecule has 1 aromatic rings. The Morgan fingerprint density at radius 3 is 2.95 bits per heavy atom. The zero-order valence-electron chi connectivity index (χ0n) is 11.9. The van der Waals surface area contributed by atoms with Crippen molar-refractivity contribution in [1.29, 1.82) is 0 Å². The Morgan fingerprint density at radius 2 is 2.30 bits per heavy atom. The number of hydrogen-bond acceptors (Lipinski definition) is 4. The van der Waals surface area contributed by atoms with E-state index < -0.39 is 0 Å². The van der Waals surface area contributed by atoms with Gasteiger partial charge in [0.2, 0.25) is 5.88 Å². The van der Waals surface area contributed by atoms with Crippen LogP contribution in [0, 0.1) is 0 Å². The molecular formula is C15H21IN2O2. The summed E-state index contributed by atoms with van der Waals surface area (Å²) in [5.41, 5.74) is 1.11. The van der Waals surface area contributed by atoms with Crippen LogP contribution in [0.25, 0.3) is 0 Å². The molecule has 0 bridgehead atoms. The van der Waals surface area contributed by atoms with Crippen molar-refractivity contribution >= 4 is 26.4 Å². The molecular weight excluding hydrogens is 367 g/mol. The lowest BCUT2D eigenvalue weighted by atomic mass is 9.89. The summed E-state index contributed by atoms with van der Waals surface area (Å²) in [4.78, 5) is 15.2. The number of nitrogens with zero attached hydrogens (tertiary/aromatic N) is 1. The van der Waals surface area contributed by atoms with Gasteiger partial charge in [-0.2, -0.15) is 0 Å². The van der Waals surface area contributed by atoms with E-state index in [2.05, 4.69) is 24.1 Å². The Labute approximate surface area is 133 Å². The second-order valence-corrected chi connectivity index (χ2v) is 6.79. The highest BCUT2D eigenvalue weighted by Crippen LogP contribution is 2.25. The quantitative estimate of drug-likeness (QED) is 0.577. The van der Waals surface area contributed by atoms with Crippen LogP contribution in [0.4, 0.5) is 0 Å². The van der Waals surface area contributed by atoms with Crippen molar-refractivity contribution in [3.05, 3.63) is 23.9 Å². The van der Waals surface area contributed by atoms with Gasteiger partial charge in [0.1, 0.15) is 6.10 Å². The van der Waals surface area contributed by atoms with Crippen LogP contribution in [-0.2, 0) is 11.2 Å². The predicted octanol–water partition coefficient (Wildman–Crippen LogP) is 2.88. The molecule has 0 amide bonds. The van der Waals surface area contributed by atoms with Gasteiger partial charge in [-0.05, 0) is 53.5 Å². The van der Waals surface area contributed by atoms with Gasteiger partial charge >= 0.3 is 0 Å². The Kier molecular flexibility index (Phi) is 5.77. The summed E-state index contributed by atoms with van der Waals surface area (Å²) in [5.74, 6) is 0.677. The van der Waals surface area contributed by atoms with E-state index in [1.54, 1.807) is 6.20 Å². The van der Waals surface area contributed by atoms with Gasteiger partial charge in [-0.3, -0.25) is 4.79 Å². The first-order chi connectivity index (χ1) is 9.52. The molecule has 20 heavy (non-hydrogen) atoms. The third-order valence-electron chi connectivity index (χ3n) is 3.36. The van der Waals surface area contributed by atoms with E-state index in [-0.39, 0.29) is 9.89 Å². The molecule has 0 radical (unpaired) electrons. The Bertz CT molecular complexity index is 459. The van der Waals surface area contributed by atoms with Gasteiger partial charge in [0.05, 0.1) is 0 Å². The van der Waals surface area contributed by atoms with E-state index in [0.717, 1.165) is 24.8 Å². The van der Waals surface area contributed by atoms with Gasteiger partial charge in [0, 0.05) is 30.8 Å². The molecule has 0 unspecified atom stereocenters. The fraction of sp³-hybridized carbons (Fsp3) is 0.600. The second kappa shape index (κ2) is 7.36. The van der Waals surface area contributed by atoms with Crippen molar-refractivity contribution in [2.75, 3.05) is 0 Å². The second-order valence-electron chi connectivity index (χ2n) is 5.59. The maximum atomic E-state index is 11.0. The number of carbonyl (C=O) groups is 1. The highest BCUT2D eigenvalue weighted by Gasteiger charge is 2.31. The van der Waals surface area contributed by atoms with E-state index in [1.165, 1.54) is 0 Å². The molecule has 1 saturated carbocycles. The monoisotopic (exact) mass is 388 g/mol. The van der Waals surface area contributed by atoms with Crippen LogP contribution in [0.1, 0.15) is 38.7 Å². The molecule has 0 aromatic carbocycles. The maximum absolute atomic E-state index is 11.0. The van der Waals surface area contributed by atoms with Crippen molar-refractivity contribution in [3.8, 4) is 5.88 Å². The molecule has 1 aliphatic carbocycles. The van der Waals surface area contributed by atoms with E-state index in [0.29, 0.717) is 24.4 Å². The van der Waals surface area contributed by atoms with E-state index >= 15 is 0 Å². The molecule has 0 saturated heterocycles. The van der Waals surface area contributed by atoms with Crippen molar-refractivity contribution < 1.29 is 9.53 Å². The summed E-state index contributed by atoms with van der Waals surface area (Å²) in [6.07, 6.45) is 5.41. The summed E-state index contributed by atoms with van der Waals surface area (Å²) < 4.78 is 6.06. The topological polar surface area (TPSA) is 51.2 Å². The van der Waals surface area contributed by atoms with Crippen molar-refractivity contribution in [2.45, 2.75) is 57.7 Å². The first-order valence-corrected chi connectivity index (χ1v) is 8.16. The van der Waals surface area contributed by atoms with Crippen LogP contribution in [0.5, 0.6) is 5.88 Å². The fourth-order valence-corrected chi connectivity index (χ4v) is 2.62. The van der Waals surface area contributed by atoms with Gasteiger partial charge in [-0.1, -0.05) is 13.8 Å². The number of aryl methyl sites for hydroxylation is 1. The number of ether oxygens (including phenoxy) is 1. The van der Waals surface area contributed by atoms with Gasteiger partial charge in [-0.25, -0.2) is 4.98 Å². The number of pyridine rings is 1. The number of aromatic nitrogens is 1. The van der Waals surface area contributed by atoms with E-state index in [9.17, 15) is 4.79 Å². The highest BCUT2D eigenvalue weighted by molar-refractivity contribution is 14.1. The summed E-state index contributed by atoms with van der Waals surface area (Å²) in [6.45, 7) is 4.32. The van der Waals surface area contributed by atoms with Gasteiger partial charge in [0.15, 0.2) is 3.79 Å². The number of nitrogens with one attached hydrogen (secondary N) is 1. The maximum Gasteiger partial charge on any atom is 0.213 e. The molecule has 2 rings (SSSR count). The predicted molar refractivity (Wildman–Crippen MR) is 87.3 cm³/mol.